The lowest BCUT2D eigenvalue weighted by atomic mass is 9.75. The van der Waals surface area contributed by atoms with Crippen molar-refractivity contribution < 1.29 is 24.4 Å². The molecule has 0 aliphatic heterocycles. The van der Waals surface area contributed by atoms with E-state index < -0.39 is 19.2 Å². The Morgan fingerprint density at radius 3 is 2.92 bits per heavy atom. The molecule has 3 rings (SSSR count). The highest BCUT2D eigenvalue weighted by molar-refractivity contribution is 6.43. The number of hydrogen-bond acceptors (Lipinski definition) is 5. The number of fused-ring (bicyclic) bond motifs is 1. The molecule has 1 aromatic heterocycles. The first-order chi connectivity index (χ1) is 12.0. The number of nitrogens with one attached hydrogen (secondary N) is 1. The van der Waals surface area contributed by atoms with Gasteiger partial charge in [0.05, 0.1) is 23.3 Å². The van der Waals surface area contributed by atoms with E-state index in [2.05, 4.69) is 5.32 Å². The molecule has 0 radical (unpaired) electrons. The minimum absolute atomic E-state index is 0.200. The number of halogens is 1. The molecule has 8 heteroatoms. The average molecular weight is 366 g/mol. The van der Waals surface area contributed by atoms with Crippen molar-refractivity contribution in [3.63, 3.8) is 0 Å². The van der Waals surface area contributed by atoms with E-state index in [1.54, 1.807) is 12.1 Å². The van der Waals surface area contributed by atoms with Gasteiger partial charge >= 0.3 is 7.12 Å². The van der Waals surface area contributed by atoms with Crippen LogP contribution in [0.4, 0.5) is 0 Å². The minimum atomic E-state index is -1.71. The number of aliphatic hydroxyl groups is 1. The Morgan fingerprint density at radius 1 is 1.40 bits per heavy atom. The molecule has 4 N–H and O–H groups in total. The van der Waals surface area contributed by atoms with Gasteiger partial charge in [0.25, 0.3) is 0 Å². The van der Waals surface area contributed by atoms with Crippen molar-refractivity contribution in [2.24, 2.45) is 5.92 Å². The van der Waals surface area contributed by atoms with Crippen LogP contribution in [0.15, 0.2) is 28.9 Å². The molecule has 2 aromatic rings. The fourth-order valence-corrected chi connectivity index (χ4v) is 3.62. The number of hydrogen-bond donors (Lipinski definition) is 4. The van der Waals surface area contributed by atoms with Crippen molar-refractivity contribution in [1.29, 1.82) is 0 Å². The quantitative estimate of drug-likeness (QED) is 0.604. The summed E-state index contributed by atoms with van der Waals surface area (Å²) < 4.78 is 5.45. The minimum Gasteiger partial charge on any atom is -0.462 e. The van der Waals surface area contributed by atoms with E-state index >= 15 is 0 Å². The van der Waals surface area contributed by atoms with Crippen LogP contribution in [0.25, 0.3) is 11.0 Å². The summed E-state index contributed by atoms with van der Waals surface area (Å²) in [4.78, 5) is 12.4. The van der Waals surface area contributed by atoms with Crippen LogP contribution in [0.3, 0.4) is 0 Å². The van der Waals surface area contributed by atoms with Crippen LogP contribution in [0.5, 0.6) is 0 Å². The van der Waals surface area contributed by atoms with E-state index in [1.165, 1.54) is 6.26 Å². The third kappa shape index (κ3) is 4.18. The molecule has 1 heterocycles. The standard InChI is InChI=1S/C17H21BClNO5/c19-14-6-2-5-13-11(9-25-16(13)14)8-15(18(23)24)20-17(22)10-3-1-4-12(21)7-10/h2,5-6,9-10,12,15,21,23-24H,1,3-4,7-8H2,(H,20,22)/t10-,12+,15-/m0/s1. The predicted octanol–water partition coefficient (Wildman–Crippen LogP) is 1.68. The highest BCUT2D eigenvalue weighted by Crippen LogP contribution is 2.29. The van der Waals surface area contributed by atoms with Crippen LogP contribution in [0.2, 0.25) is 5.02 Å². The topological polar surface area (TPSA) is 103 Å². The van der Waals surface area contributed by atoms with Crippen LogP contribution in [0, 0.1) is 5.92 Å². The van der Waals surface area contributed by atoms with Gasteiger partial charge in [-0.3, -0.25) is 4.79 Å². The highest BCUT2D eigenvalue weighted by atomic mass is 35.5. The van der Waals surface area contributed by atoms with E-state index in [1.807, 2.05) is 6.07 Å². The molecule has 1 aliphatic carbocycles. The van der Waals surface area contributed by atoms with E-state index in [-0.39, 0.29) is 18.2 Å². The van der Waals surface area contributed by atoms with Gasteiger partial charge in [-0.1, -0.05) is 30.2 Å². The zero-order chi connectivity index (χ0) is 18.0. The van der Waals surface area contributed by atoms with Crippen LogP contribution in [-0.4, -0.2) is 40.2 Å². The smallest absolute Gasteiger partial charge is 0.462 e. The number of furan rings is 1. The summed E-state index contributed by atoms with van der Waals surface area (Å²) in [5, 5.41) is 33.0. The monoisotopic (exact) mass is 365 g/mol. The zero-order valence-electron chi connectivity index (χ0n) is 13.7. The van der Waals surface area contributed by atoms with Gasteiger partial charge in [-0.05, 0) is 37.3 Å². The normalized spacial score (nSPS) is 21.9. The summed E-state index contributed by atoms with van der Waals surface area (Å²) in [6.07, 6.45) is 3.84. The van der Waals surface area contributed by atoms with Crippen molar-refractivity contribution in [2.75, 3.05) is 0 Å². The van der Waals surface area contributed by atoms with E-state index in [0.717, 1.165) is 17.4 Å². The molecule has 1 saturated carbocycles. The molecular formula is C17H21BClNO5. The Bertz CT molecular complexity index is 750. The van der Waals surface area contributed by atoms with Gasteiger partial charge < -0.3 is 24.9 Å². The van der Waals surface area contributed by atoms with Gasteiger partial charge in [0.1, 0.15) is 0 Å². The Balaban J connectivity index is 1.72. The molecule has 3 atom stereocenters. The summed E-state index contributed by atoms with van der Waals surface area (Å²) in [6.45, 7) is 0. The van der Waals surface area contributed by atoms with Crippen LogP contribution >= 0.6 is 11.6 Å². The second-order valence-electron chi connectivity index (χ2n) is 6.63. The maximum absolute atomic E-state index is 12.4. The van der Waals surface area contributed by atoms with Gasteiger partial charge in [0, 0.05) is 11.3 Å². The summed E-state index contributed by atoms with van der Waals surface area (Å²) in [5.41, 5.74) is 1.27. The first-order valence-electron chi connectivity index (χ1n) is 8.45. The molecule has 0 spiro atoms. The maximum atomic E-state index is 12.4. The number of benzene rings is 1. The van der Waals surface area contributed by atoms with Crippen LogP contribution in [0.1, 0.15) is 31.2 Å². The predicted molar refractivity (Wildman–Crippen MR) is 95.0 cm³/mol. The van der Waals surface area contributed by atoms with Crippen molar-refractivity contribution in [1.82, 2.24) is 5.32 Å². The number of aliphatic hydroxyl groups excluding tert-OH is 1. The zero-order valence-corrected chi connectivity index (χ0v) is 14.4. The Kier molecular flexibility index (Phi) is 5.69. The number of carbonyl (C=O) groups excluding carboxylic acids is 1. The van der Waals surface area contributed by atoms with Gasteiger partial charge in [-0.2, -0.15) is 0 Å². The van der Waals surface area contributed by atoms with Gasteiger partial charge in [0.2, 0.25) is 5.91 Å². The Morgan fingerprint density at radius 2 is 2.20 bits per heavy atom. The molecule has 134 valence electrons. The maximum Gasteiger partial charge on any atom is 0.475 e. The lowest BCUT2D eigenvalue weighted by Crippen LogP contribution is -2.50. The third-order valence-corrected chi connectivity index (χ3v) is 5.07. The highest BCUT2D eigenvalue weighted by Gasteiger charge is 2.32. The number of rotatable bonds is 5. The van der Waals surface area contributed by atoms with Crippen molar-refractivity contribution in [2.45, 2.75) is 44.1 Å². The second-order valence-corrected chi connectivity index (χ2v) is 7.03. The molecule has 1 aliphatic rings. The molecule has 0 unspecified atom stereocenters. The number of carbonyl (C=O) groups is 1. The lowest BCUT2D eigenvalue weighted by Gasteiger charge is -2.27. The molecule has 6 nitrogen and oxygen atoms in total. The van der Waals surface area contributed by atoms with E-state index in [4.69, 9.17) is 16.0 Å². The fraction of sp³-hybridized carbons (Fsp3) is 0.471. The van der Waals surface area contributed by atoms with Gasteiger partial charge in [-0.15, -0.1) is 0 Å². The van der Waals surface area contributed by atoms with Crippen LogP contribution < -0.4 is 5.32 Å². The molecule has 0 bridgehead atoms. The van der Waals surface area contributed by atoms with Gasteiger partial charge in [-0.25, -0.2) is 0 Å². The SMILES string of the molecule is O=C(N[C@@H](Cc1coc2c(Cl)cccc12)B(O)O)[C@H]1CCC[C@@H](O)C1. The molecular weight excluding hydrogens is 344 g/mol. The summed E-state index contributed by atoms with van der Waals surface area (Å²) in [7, 11) is -1.71. The second kappa shape index (κ2) is 7.78. The largest absolute Gasteiger partial charge is 0.475 e. The fourth-order valence-electron chi connectivity index (χ4n) is 3.40. The summed E-state index contributed by atoms with van der Waals surface area (Å²) in [5.74, 6) is -1.44. The van der Waals surface area contributed by atoms with E-state index in [9.17, 15) is 19.9 Å². The van der Waals surface area contributed by atoms with Crippen molar-refractivity contribution in [3.05, 3.63) is 35.0 Å². The number of para-hydroxylation sites is 1. The average Bonchev–Trinajstić information content (AvgIpc) is 2.98. The summed E-state index contributed by atoms with van der Waals surface area (Å²) >= 11 is 6.08. The van der Waals surface area contributed by atoms with Crippen LogP contribution in [-0.2, 0) is 11.2 Å². The van der Waals surface area contributed by atoms with Gasteiger partial charge in [0.15, 0.2) is 5.58 Å². The Hall–Kier alpha value is -1.54. The van der Waals surface area contributed by atoms with Crippen molar-refractivity contribution in [3.8, 4) is 0 Å². The first kappa shape index (κ1) is 18.3. The third-order valence-electron chi connectivity index (χ3n) is 4.78. The Labute approximate surface area is 150 Å². The summed E-state index contributed by atoms with van der Waals surface area (Å²) in [6, 6.07) is 5.34. The van der Waals surface area contributed by atoms with E-state index in [0.29, 0.717) is 29.9 Å². The molecule has 1 fully saturated rings. The van der Waals surface area contributed by atoms with Crippen molar-refractivity contribution >= 4 is 35.6 Å². The lowest BCUT2D eigenvalue weighted by molar-refractivity contribution is -0.127. The molecule has 25 heavy (non-hydrogen) atoms. The first-order valence-corrected chi connectivity index (χ1v) is 8.82. The molecule has 1 amide bonds. The molecule has 0 saturated heterocycles. The molecule has 1 aromatic carbocycles. The number of amides is 1.